The number of fused-ring (bicyclic) bond motifs is 1. The van der Waals surface area contributed by atoms with Gasteiger partial charge in [0.15, 0.2) is 6.61 Å². The lowest BCUT2D eigenvalue weighted by molar-refractivity contribution is -0.125. The highest BCUT2D eigenvalue weighted by Gasteiger charge is 2.14. The van der Waals surface area contributed by atoms with E-state index in [0.717, 1.165) is 10.8 Å². The van der Waals surface area contributed by atoms with Crippen LogP contribution in [-0.4, -0.2) is 18.5 Å². The standard InChI is InChI=1S/C19H17NO4/c1-13(17-7-4-10-23-17)20-18(21)12-24-19(22)16-9-8-14-5-2-3-6-15(14)11-16/h2-11,13H,12H2,1H3,(H,20,21)/t13-/m0/s1. The van der Waals surface area contributed by atoms with Gasteiger partial charge in [0.05, 0.1) is 17.9 Å². The molecule has 0 fully saturated rings. The molecule has 0 unspecified atom stereocenters. The quantitative estimate of drug-likeness (QED) is 0.730. The zero-order valence-electron chi connectivity index (χ0n) is 13.2. The van der Waals surface area contributed by atoms with Crippen molar-refractivity contribution in [3.05, 3.63) is 72.2 Å². The average Bonchev–Trinajstić information content (AvgIpc) is 3.14. The Balaban J connectivity index is 1.57. The highest BCUT2D eigenvalue weighted by atomic mass is 16.5. The van der Waals surface area contributed by atoms with Crippen LogP contribution in [0.5, 0.6) is 0 Å². The molecular weight excluding hydrogens is 306 g/mol. The Morgan fingerprint density at radius 2 is 1.88 bits per heavy atom. The molecule has 0 saturated heterocycles. The van der Waals surface area contributed by atoms with E-state index in [2.05, 4.69) is 5.32 Å². The van der Waals surface area contributed by atoms with Crippen LogP contribution in [0.25, 0.3) is 10.8 Å². The minimum atomic E-state index is -0.526. The number of benzene rings is 2. The number of rotatable bonds is 5. The normalized spacial score (nSPS) is 11.9. The summed E-state index contributed by atoms with van der Waals surface area (Å²) in [5, 5.41) is 4.70. The number of carbonyl (C=O) groups is 2. The fourth-order valence-electron chi connectivity index (χ4n) is 2.42. The summed E-state index contributed by atoms with van der Waals surface area (Å²) in [4.78, 5) is 24.0. The maximum Gasteiger partial charge on any atom is 0.338 e. The molecule has 1 amide bonds. The zero-order chi connectivity index (χ0) is 16.9. The summed E-state index contributed by atoms with van der Waals surface area (Å²) >= 11 is 0. The predicted octanol–water partition coefficient (Wildman–Crippen LogP) is 3.47. The smallest absolute Gasteiger partial charge is 0.338 e. The Bertz CT molecular complexity index is 855. The largest absolute Gasteiger partial charge is 0.467 e. The molecule has 3 aromatic rings. The number of esters is 1. The first-order chi connectivity index (χ1) is 11.6. The van der Waals surface area contributed by atoms with Crippen molar-refractivity contribution in [1.82, 2.24) is 5.32 Å². The lowest BCUT2D eigenvalue weighted by Crippen LogP contribution is -2.30. The highest BCUT2D eigenvalue weighted by Crippen LogP contribution is 2.16. The van der Waals surface area contributed by atoms with Crippen molar-refractivity contribution in [3.8, 4) is 0 Å². The van der Waals surface area contributed by atoms with Crippen molar-refractivity contribution in [2.45, 2.75) is 13.0 Å². The van der Waals surface area contributed by atoms with Gasteiger partial charge in [0, 0.05) is 0 Å². The van der Waals surface area contributed by atoms with Crippen molar-refractivity contribution in [1.29, 1.82) is 0 Å². The van der Waals surface area contributed by atoms with Crippen molar-refractivity contribution < 1.29 is 18.7 Å². The second-order valence-corrected chi connectivity index (χ2v) is 5.44. The monoisotopic (exact) mass is 323 g/mol. The number of hydrogen-bond donors (Lipinski definition) is 1. The van der Waals surface area contributed by atoms with E-state index in [1.54, 1.807) is 31.2 Å². The third-order valence-electron chi connectivity index (χ3n) is 3.67. The van der Waals surface area contributed by atoms with E-state index in [1.165, 1.54) is 6.26 Å². The van der Waals surface area contributed by atoms with E-state index >= 15 is 0 Å². The molecular formula is C19H17NO4. The molecule has 0 aliphatic heterocycles. The van der Waals surface area contributed by atoms with Crippen LogP contribution in [0, 0.1) is 0 Å². The van der Waals surface area contributed by atoms with Crippen molar-refractivity contribution in [2.75, 3.05) is 6.61 Å². The summed E-state index contributed by atoms with van der Waals surface area (Å²) in [5.74, 6) is -0.265. The minimum absolute atomic E-state index is 0.285. The Morgan fingerprint density at radius 1 is 1.08 bits per heavy atom. The molecule has 1 N–H and O–H groups in total. The van der Waals surface area contributed by atoms with E-state index in [9.17, 15) is 9.59 Å². The first-order valence-electron chi connectivity index (χ1n) is 7.62. The first-order valence-corrected chi connectivity index (χ1v) is 7.62. The van der Waals surface area contributed by atoms with Gasteiger partial charge >= 0.3 is 5.97 Å². The summed E-state index contributed by atoms with van der Waals surface area (Å²) in [7, 11) is 0. The van der Waals surface area contributed by atoms with Gasteiger partial charge in [-0.15, -0.1) is 0 Å². The van der Waals surface area contributed by atoms with Crippen LogP contribution in [0.3, 0.4) is 0 Å². The van der Waals surface area contributed by atoms with E-state index in [1.807, 2.05) is 30.3 Å². The van der Waals surface area contributed by atoms with Crippen LogP contribution in [0.1, 0.15) is 29.1 Å². The van der Waals surface area contributed by atoms with Gasteiger partial charge in [-0.3, -0.25) is 4.79 Å². The van der Waals surface area contributed by atoms with Crippen LogP contribution in [0.4, 0.5) is 0 Å². The number of amides is 1. The van der Waals surface area contributed by atoms with Crippen LogP contribution < -0.4 is 5.32 Å². The van der Waals surface area contributed by atoms with Gasteiger partial charge in [0.25, 0.3) is 5.91 Å². The van der Waals surface area contributed by atoms with E-state index in [4.69, 9.17) is 9.15 Å². The molecule has 3 rings (SSSR count). The topological polar surface area (TPSA) is 68.5 Å². The number of hydrogen-bond acceptors (Lipinski definition) is 4. The minimum Gasteiger partial charge on any atom is -0.467 e. The number of carbonyl (C=O) groups excluding carboxylic acids is 2. The lowest BCUT2D eigenvalue weighted by Gasteiger charge is -2.11. The van der Waals surface area contributed by atoms with E-state index < -0.39 is 5.97 Å². The molecule has 5 nitrogen and oxygen atoms in total. The predicted molar refractivity (Wildman–Crippen MR) is 89.5 cm³/mol. The summed E-state index contributed by atoms with van der Waals surface area (Å²) in [6.07, 6.45) is 1.54. The second-order valence-electron chi connectivity index (χ2n) is 5.44. The molecule has 1 aromatic heterocycles. The van der Waals surface area contributed by atoms with E-state index in [-0.39, 0.29) is 18.6 Å². The molecule has 0 aliphatic carbocycles. The molecule has 1 heterocycles. The third kappa shape index (κ3) is 3.63. The van der Waals surface area contributed by atoms with Crippen LogP contribution in [0.2, 0.25) is 0 Å². The van der Waals surface area contributed by atoms with Crippen molar-refractivity contribution >= 4 is 22.6 Å². The van der Waals surface area contributed by atoms with Gasteiger partial charge in [-0.2, -0.15) is 0 Å². The maximum absolute atomic E-state index is 12.1. The number of furan rings is 1. The van der Waals surface area contributed by atoms with Gasteiger partial charge in [-0.25, -0.2) is 4.79 Å². The maximum atomic E-state index is 12.1. The van der Waals surface area contributed by atoms with Crippen molar-refractivity contribution in [2.24, 2.45) is 0 Å². The summed E-state index contributed by atoms with van der Waals surface area (Å²) in [5.41, 5.74) is 0.417. The molecule has 2 aromatic carbocycles. The van der Waals surface area contributed by atoms with Gasteiger partial charge < -0.3 is 14.5 Å². The molecule has 0 aliphatic rings. The highest BCUT2D eigenvalue weighted by molar-refractivity contribution is 5.96. The Kier molecular flexibility index (Phi) is 4.61. The molecule has 0 saturated carbocycles. The fourth-order valence-corrected chi connectivity index (χ4v) is 2.42. The zero-order valence-corrected chi connectivity index (χ0v) is 13.2. The van der Waals surface area contributed by atoms with Gasteiger partial charge in [0.2, 0.25) is 0 Å². The molecule has 122 valence electrons. The van der Waals surface area contributed by atoms with E-state index in [0.29, 0.717) is 11.3 Å². The van der Waals surface area contributed by atoms with Crippen LogP contribution in [-0.2, 0) is 9.53 Å². The Hall–Kier alpha value is -3.08. The van der Waals surface area contributed by atoms with Gasteiger partial charge in [-0.05, 0) is 42.0 Å². The van der Waals surface area contributed by atoms with Gasteiger partial charge in [0.1, 0.15) is 5.76 Å². The SMILES string of the molecule is C[C@H](NC(=O)COC(=O)c1ccc2ccccc2c1)c1ccco1. The van der Waals surface area contributed by atoms with Crippen molar-refractivity contribution in [3.63, 3.8) is 0 Å². The molecule has 24 heavy (non-hydrogen) atoms. The molecule has 1 atom stereocenters. The summed E-state index contributed by atoms with van der Waals surface area (Å²) < 4.78 is 10.3. The molecule has 5 heteroatoms. The molecule has 0 radical (unpaired) electrons. The first kappa shape index (κ1) is 15.8. The Labute approximate surface area is 139 Å². The van der Waals surface area contributed by atoms with Gasteiger partial charge in [-0.1, -0.05) is 30.3 Å². The van der Waals surface area contributed by atoms with Crippen LogP contribution >= 0.6 is 0 Å². The Morgan fingerprint density at radius 3 is 2.62 bits per heavy atom. The fraction of sp³-hybridized carbons (Fsp3) is 0.158. The summed E-state index contributed by atoms with van der Waals surface area (Å²) in [6, 6.07) is 16.2. The number of nitrogens with one attached hydrogen (secondary N) is 1. The third-order valence-corrected chi connectivity index (χ3v) is 3.67. The van der Waals surface area contributed by atoms with Crippen LogP contribution in [0.15, 0.2) is 65.3 Å². The molecule has 0 bridgehead atoms. The molecule has 0 spiro atoms. The lowest BCUT2D eigenvalue weighted by atomic mass is 10.1. The second kappa shape index (κ2) is 7.00. The summed E-state index contributed by atoms with van der Waals surface area (Å²) in [6.45, 7) is 1.46. The number of ether oxygens (including phenoxy) is 1. The average molecular weight is 323 g/mol.